The Morgan fingerprint density at radius 2 is 1.67 bits per heavy atom. The molecule has 1 aliphatic rings. The van der Waals surface area contributed by atoms with Gasteiger partial charge in [0.15, 0.2) is 0 Å². The van der Waals surface area contributed by atoms with Crippen LogP contribution in [0.1, 0.15) is 16.8 Å². The van der Waals surface area contributed by atoms with Crippen LogP contribution in [0, 0.1) is 0 Å². The minimum atomic E-state index is -0.715. The second kappa shape index (κ2) is 6.44. The number of carbonyl (C=O) groups is 1. The van der Waals surface area contributed by atoms with Gasteiger partial charge in [-0.25, -0.2) is 0 Å². The molecule has 1 aliphatic heterocycles. The number of aliphatic hydroxyl groups is 1. The van der Waals surface area contributed by atoms with E-state index in [1.54, 1.807) is 0 Å². The first-order chi connectivity index (χ1) is 10.2. The summed E-state index contributed by atoms with van der Waals surface area (Å²) in [5.41, 5.74) is 1.11. The van der Waals surface area contributed by atoms with Crippen LogP contribution in [0.3, 0.4) is 0 Å². The van der Waals surface area contributed by atoms with Crippen molar-refractivity contribution in [2.24, 2.45) is 0 Å². The predicted molar refractivity (Wildman–Crippen MR) is 81.5 cm³/mol. The van der Waals surface area contributed by atoms with Crippen LogP contribution < -0.4 is 4.46 Å². The Morgan fingerprint density at radius 3 is 2.24 bits per heavy atom. The summed E-state index contributed by atoms with van der Waals surface area (Å²) >= 11 is 0.0822. The molecule has 3 atom stereocenters. The van der Waals surface area contributed by atoms with E-state index >= 15 is 0 Å². The Balaban J connectivity index is 1.90. The summed E-state index contributed by atoms with van der Waals surface area (Å²) in [5.74, 6) is -0.308. The van der Waals surface area contributed by atoms with Gasteiger partial charge in [-0.05, 0) is 0 Å². The number of ether oxygens (including phenoxy) is 1. The Morgan fingerprint density at radius 1 is 1.05 bits per heavy atom. The zero-order valence-electron chi connectivity index (χ0n) is 11.4. The number of esters is 1. The van der Waals surface area contributed by atoms with Gasteiger partial charge in [-0.15, -0.1) is 0 Å². The molecule has 108 valence electrons. The van der Waals surface area contributed by atoms with Gasteiger partial charge < -0.3 is 0 Å². The maximum atomic E-state index is 11.5. The van der Waals surface area contributed by atoms with Crippen LogP contribution in [0.4, 0.5) is 0 Å². The molecule has 0 amide bonds. The molecule has 3 nitrogen and oxygen atoms in total. The van der Waals surface area contributed by atoms with Gasteiger partial charge in [-0.1, -0.05) is 0 Å². The van der Waals surface area contributed by atoms with E-state index in [0.717, 1.165) is 5.56 Å². The standard InChI is InChI=1S/C17H16O3Se/c18-14-11-15(19)20-16(14)17(12-7-3-1-4-8-12)21-13-9-5-2-6-10-13/h1-10,14,16-18H,11H2/t14-,16-,17+/m0/s1. The van der Waals surface area contributed by atoms with Gasteiger partial charge in [0.1, 0.15) is 0 Å². The molecule has 2 aromatic carbocycles. The molecule has 0 aliphatic carbocycles. The minimum absolute atomic E-state index is 0.0301. The van der Waals surface area contributed by atoms with E-state index in [1.165, 1.54) is 4.46 Å². The van der Waals surface area contributed by atoms with E-state index < -0.39 is 12.2 Å². The van der Waals surface area contributed by atoms with Crippen molar-refractivity contribution >= 4 is 25.4 Å². The zero-order chi connectivity index (χ0) is 14.7. The van der Waals surface area contributed by atoms with Crippen LogP contribution in [0.5, 0.6) is 0 Å². The fraction of sp³-hybridized carbons (Fsp3) is 0.235. The predicted octanol–water partition coefficient (Wildman–Crippen LogP) is 1.43. The van der Waals surface area contributed by atoms with Crippen LogP contribution >= 0.6 is 0 Å². The number of hydrogen-bond acceptors (Lipinski definition) is 3. The van der Waals surface area contributed by atoms with Crippen molar-refractivity contribution < 1.29 is 14.6 Å². The van der Waals surface area contributed by atoms with Crippen molar-refractivity contribution in [2.75, 3.05) is 0 Å². The number of rotatable bonds is 4. The molecular weight excluding hydrogens is 331 g/mol. The number of cyclic esters (lactones) is 1. The summed E-state index contributed by atoms with van der Waals surface area (Å²) in [4.78, 5) is 11.5. The molecule has 21 heavy (non-hydrogen) atoms. The van der Waals surface area contributed by atoms with Gasteiger partial charge in [0, 0.05) is 0 Å². The first-order valence-corrected chi connectivity index (χ1v) is 8.73. The van der Waals surface area contributed by atoms with Gasteiger partial charge in [-0.3, -0.25) is 0 Å². The Hall–Kier alpha value is -1.61. The van der Waals surface area contributed by atoms with E-state index in [-0.39, 0.29) is 32.2 Å². The average molecular weight is 347 g/mol. The molecule has 0 unspecified atom stereocenters. The van der Waals surface area contributed by atoms with Crippen LogP contribution in [0.15, 0.2) is 60.7 Å². The summed E-state index contributed by atoms with van der Waals surface area (Å²) in [6, 6.07) is 20.2. The fourth-order valence-electron chi connectivity index (χ4n) is 2.44. The van der Waals surface area contributed by atoms with Crippen molar-refractivity contribution in [3.63, 3.8) is 0 Å². The monoisotopic (exact) mass is 348 g/mol. The third-order valence-corrected chi connectivity index (χ3v) is 6.26. The van der Waals surface area contributed by atoms with Gasteiger partial charge >= 0.3 is 130 Å². The van der Waals surface area contributed by atoms with E-state index in [0.29, 0.717) is 0 Å². The fourth-order valence-corrected chi connectivity index (χ4v) is 5.11. The molecule has 1 fully saturated rings. The molecule has 3 rings (SSSR count). The molecule has 1 N–H and O–H groups in total. The number of benzene rings is 2. The number of carbonyl (C=O) groups excluding carboxylic acids is 1. The van der Waals surface area contributed by atoms with Crippen LogP contribution in [0.25, 0.3) is 0 Å². The van der Waals surface area contributed by atoms with Crippen molar-refractivity contribution in [1.29, 1.82) is 0 Å². The first-order valence-electron chi connectivity index (χ1n) is 6.88. The molecule has 0 aromatic heterocycles. The van der Waals surface area contributed by atoms with Crippen LogP contribution in [-0.2, 0) is 9.53 Å². The normalized spacial score (nSPS) is 22.8. The molecule has 0 bridgehead atoms. The average Bonchev–Trinajstić information content (AvgIpc) is 2.85. The summed E-state index contributed by atoms with van der Waals surface area (Å²) in [5, 5.41) is 10.1. The maximum absolute atomic E-state index is 11.5. The SMILES string of the molecule is O=C1C[C@H](O)[C@@H]([C@H]([Se]c2ccccc2)c2ccccc2)O1. The topological polar surface area (TPSA) is 46.5 Å². The van der Waals surface area contributed by atoms with Gasteiger partial charge in [0.2, 0.25) is 0 Å². The molecule has 0 spiro atoms. The summed E-state index contributed by atoms with van der Waals surface area (Å²) in [7, 11) is 0. The second-order valence-electron chi connectivity index (χ2n) is 4.99. The molecule has 0 saturated carbocycles. The van der Waals surface area contributed by atoms with Crippen LogP contribution in [-0.4, -0.2) is 38.2 Å². The van der Waals surface area contributed by atoms with Gasteiger partial charge in [-0.2, -0.15) is 0 Å². The van der Waals surface area contributed by atoms with E-state index in [4.69, 9.17) is 4.74 Å². The molecule has 2 aromatic rings. The quantitative estimate of drug-likeness (QED) is 0.672. The third-order valence-electron chi connectivity index (χ3n) is 3.46. The van der Waals surface area contributed by atoms with Crippen molar-refractivity contribution in [3.05, 3.63) is 66.2 Å². The molecule has 0 radical (unpaired) electrons. The first kappa shape index (κ1) is 14.3. The summed E-state index contributed by atoms with van der Waals surface area (Å²) in [6.07, 6.45) is -1.06. The van der Waals surface area contributed by atoms with E-state index in [1.807, 2.05) is 48.5 Å². The Kier molecular flexibility index (Phi) is 4.39. The van der Waals surface area contributed by atoms with E-state index in [9.17, 15) is 9.90 Å². The Labute approximate surface area is 130 Å². The van der Waals surface area contributed by atoms with Crippen LogP contribution in [0.2, 0.25) is 0 Å². The summed E-state index contributed by atoms with van der Waals surface area (Å²) in [6.45, 7) is 0. The third kappa shape index (κ3) is 3.35. The zero-order valence-corrected chi connectivity index (χ0v) is 13.1. The van der Waals surface area contributed by atoms with Crippen molar-refractivity contribution in [3.8, 4) is 0 Å². The summed E-state index contributed by atoms with van der Waals surface area (Å²) < 4.78 is 6.62. The van der Waals surface area contributed by atoms with Gasteiger partial charge in [0.25, 0.3) is 0 Å². The number of hydrogen-bond donors (Lipinski definition) is 1. The number of aliphatic hydroxyl groups excluding tert-OH is 1. The molecular formula is C17H16O3Se. The Bertz CT molecular complexity index is 600. The van der Waals surface area contributed by atoms with Crippen molar-refractivity contribution in [1.82, 2.24) is 0 Å². The molecule has 1 heterocycles. The molecule has 4 heteroatoms. The second-order valence-corrected chi connectivity index (χ2v) is 7.54. The van der Waals surface area contributed by atoms with E-state index in [2.05, 4.69) is 12.1 Å². The van der Waals surface area contributed by atoms with Crippen molar-refractivity contribution in [2.45, 2.75) is 23.4 Å². The van der Waals surface area contributed by atoms with Gasteiger partial charge in [0.05, 0.1) is 0 Å². The molecule has 1 saturated heterocycles.